The Morgan fingerprint density at radius 1 is 1.30 bits per heavy atom. The maximum absolute atomic E-state index is 13.0. The molecule has 0 atom stereocenters. The van der Waals surface area contributed by atoms with Crippen molar-refractivity contribution in [1.29, 1.82) is 0 Å². The van der Waals surface area contributed by atoms with Crippen molar-refractivity contribution in [3.05, 3.63) is 58.1 Å². The molecule has 1 heterocycles. The highest BCUT2D eigenvalue weighted by Gasteiger charge is 2.16. The number of anilines is 1. The number of halogens is 2. The van der Waals surface area contributed by atoms with E-state index in [1.165, 1.54) is 24.4 Å². The molecular weight excluding hydrogens is 331 g/mol. The van der Waals surface area contributed by atoms with Gasteiger partial charge in [0.25, 0.3) is 5.91 Å². The summed E-state index contributed by atoms with van der Waals surface area (Å²) >= 11 is 3.08. The highest BCUT2D eigenvalue weighted by Crippen LogP contribution is 2.20. The number of carboxylic acid groups (broad SMARTS) is 1. The van der Waals surface area contributed by atoms with Gasteiger partial charge in [0.1, 0.15) is 5.82 Å². The molecule has 0 bridgehead atoms. The molecule has 0 aliphatic rings. The maximum atomic E-state index is 13.0. The second-order valence-electron chi connectivity index (χ2n) is 3.78. The van der Waals surface area contributed by atoms with E-state index in [4.69, 9.17) is 5.11 Å². The first kappa shape index (κ1) is 14.1. The van der Waals surface area contributed by atoms with E-state index in [1.54, 1.807) is 0 Å². The van der Waals surface area contributed by atoms with Gasteiger partial charge in [-0.05, 0) is 46.3 Å². The van der Waals surface area contributed by atoms with Crippen LogP contribution in [-0.2, 0) is 0 Å². The third-order valence-electron chi connectivity index (χ3n) is 2.43. The van der Waals surface area contributed by atoms with Crippen LogP contribution in [0.5, 0.6) is 0 Å². The molecule has 0 aliphatic heterocycles. The zero-order valence-electron chi connectivity index (χ0n) is 9.93. The molecule has 0 unspecified atom stereocenters. The van der Waals surface area contributed by atoms with E-state index in [2.05, 4.69) is 26.2 Å². The Bertz CT molecular complexity index is 691. The number of aromatic carboxylic acids is 1. The van der Waals surface area contributed by atoms with Crippen molar-refractivity contribution in [3.63, 3.8) is 0 Å². The maximum Gasteiger partial charge on any atom is 0.356 e. The van der Waals surface area contributed by atoms with Gasteiger partial charge in [-0.15, -0.1) is 0 Å². The fraction of sp³-hybridized carbons (Fsp3) is 0. The number of hydrogen-bond acceptors (Lipinski definition) is 3. The number of nitrogens with zero attached hydrogens (tertiary/aromatic N) is 1. The molecule has 1 aromatic heterocycles. The highest BCUT2D eigenvalue weighted by atomic mass is 79.9. The van der Waals surface area contributed by atoms with Crippen LogP contribution in [0.15, 0.2) is 41.0 Å². The van der Waals surface area contributed by atoms with Crippen molar-refractivity contribution < 1.29 is 19.1 Å². The van der Waals surface area contributed by atoms with Gasteiger partial charge in [0.15, 0.2) is 5.69 Å². The highest BCUT2D eigenvalue weighted by molar-refractivity contribution is 9.10. The minimum atomic E-state index is -1.25. The first-order valence-electron chi connectivity index (χ1n) is 5.44. The Morgan fingerprint density at radius 2 is 2.05 bits per heavy atom. The first-order chi connectivity index (χ1) is 9.49. The van der Waals surface area contributed by atoms with Crippen LogP contribution in [0.3, 0.4) is 0 Å². The standard InChI is InChI=1S/C13H8BrFN2O3/c14-9-6-7(15)3-4-8(9)12(18)17-10-2-1-5-16-11(10)13(19)20/h1-6H,(H,17,18)(H,19,20). The summed E-state index contributed by atoms with van der Waals surface area (Å²) in [4.78, 5) is 26.7. The molecule has 0 saturated carbocycles. The summed E-state index contributed by atoms with van der Waals surface area (Å²) in [6, 6.07) is 6.51. The number of hydrogen-bond donors (Lipinski definition) is 2. The number of pyridine rings is 1. The summed E-state index contributed by atoms with van der Waals surface area (Å²) in [5, 5.41) is 11.4. The molecule has 0 fully saturated rings. The number of rotatable bonds is 3. The fourth-order valence-corrected chi connectivity index (χ4v) is 2.07. The Hall–Kier alpha value is -2.28. The van der Waals surface area contributed by atoms with Crippen LogP contribution in [0.4, 0.5) is 10.1 Å². The number of carbonyl (C=O) groups is 2. The quantitative estimate of drug-likeness (QED) is 0.901. The van der Waals surface area contributed by atoms with Gasteiger partial charge in [0.05, 0.1) is 11.3 Å². The summed E-state index contributed by atoms with van der Waals surface area (Å²) in [6.07, 6.45) is 1.31. The lowest BCUT2D eigenvalue weighted by Gasteiger charge is -2.08. The van der Waals surface area contributed by atoms with E-state index in [0.717, 1.165) is 12.1 Å². The zero-order valence-corrected chi connectivity index (χ0v) is 11.5. The van der Waals surface area contributed by atoms with E-state index in [1.807, 2.05) is 0 Å². The molecule has 7 heteroatoms. The predicted molar refractivity (Wildman–Crippen MR) is 73.2 cm³/mol. The number of carbonyl (C=O) groups excluding carboxylic acids is 1. The van der Waals surface area contributed by atoms with E-state index in [0.29, 0.717) is 0 Å². The van der Waals surface area contributed by atoms with Crippen molar-refractivity contribution in [2.45, 2.75) is 0 Å². The second-order valence-corrected chi connectivity index (χ2v) is 4.64. The lowest BCUT2D eigenvalue weighted by Crippen LogP contribution is -2.16. The molecule has 2 aromatic rings. The number of benzene rings is 1. The van der Waals surface area contributed by atoms with Crippen molar-refractivity contribution in [1.82, 2.24) is 4.98 Å². The molecule has 1 amide bonds. The molecule has 102 valence electrons. The molecule has 5 nitrogen and oxygen atoms in total. The molecular formula is C13H8BrFN2O3. The van der Waals surface area contributed by atoms with Crippen molar-refractivity contribution >= 4 is 33.5 Å². The third-order valence-corrected chi connectivity index (χ3v) is 3.09. The van der Waals surface area contributed by atoms with E-state index < -0.39 is 17.7 Å². The van der Waals surface area contributed by atoms with Gasteiger partial charge in [-0.1, -0.05) is 0 Å². The number of nitrogens with one attached hydrogen (secondary N) is 1. The van der Waals surface area contributed by atoms with Crippen molar-refractivity contribution in [2.75, 3.05) is 5.32 Å². The van der Waals surface area contributed by atoms with E-state index in [-0.39, 0.29) is 21.4 Å². The molecule has 20 heavy (non-hydrogen) atoms. The van der Waals surface area contributed by atoms with Crippen LogP contribution in [-0.4, -0.2) is 22.0 Å². The molecule has 0 aliphatic carbocycles. The van der Waals surface area contributed by atoms with Gasteiger partial charge >= 0.3 is 5.97 Å². The monoisotopic (exact) mass is 338 g/mol. The average Bonchev–Trinajstić information content (AvgIpc) is 2.38. The van der Waals surface area contributed by atoms with Crippen LogP contribution in [0, 0.1) is 5.82 Å². The summed E-state index contributed by atoms with van der Waals surface area (Å²) in [5.41, 5.74) is -0.00750. The summed E-state index contributed by atoms with van der Waals surface area (Å²) < 4.78 is 13.2. The van der Waals surface area contributed by atoms with Gasteiger partial charge in [-0.2, -0.15) is 0 Å². The molecule has 0 radical (unpaired) electrons. The predicted octanol–water partition coefficient (Wildman–Crippen LogP) is 2.93. The normalized spacial score (nSPS) is 10.1. The average molecular weight is 339 g/mol. The molecule has 2 N–H and O–H groups in total. The van der Waals surface area contributed by atoms with Crippen molar-refractivity contribution in [2.24, 2.45) is 0 Å². The molecule has 0 spiro atoms. The van der Waals surface area contributed by atoms with E-state index >= 15 is 0 Å². The Balaban J connectivity index is 2.30. The largest absolute Gasteiger partial charge is 0.476 e. The van der Waals surface area contributed by atoms with E-state index in [9.17, 15) is 14.0 Å². The lowest BCUT2D eigenvalue weighted by atomic mass is 10.2. The smallest absolute Gasteiger partial charge is 0.356 e. The van der Waals surface area contributed by atoms with Crippen molar-refractivity contribution in [3.8, 4) is 0 Å². The zero-order chi connectivity index (χ0) is 14.7. The van der Waals surface area contributed by atoms with Crippen LogP contribution in [0.25, 0.3) is 0 Å². The lowest BCUT2D eigenvalue weighted by molar-refractivity contribution is 0.0691. The van der Waals surface area contributed by atoms with Crippen LogP contribution in [0.1, 0.15) is 20.8 Å². The summed E-state index contributed by atoms with van der Waals surface area (Å²) in [6.45, 7) is 0. The first-order valence-corrected chi connectivity index (χ1v) is 6.23. The van der Waals surface area contributed by atoms with Crippen LogP contribution in [0.2, 0.25) is 0 Å². The Kier molecular flexibility index (Phi) is 4.09. The van der Waals surface area contributed by atoms with Gasteiger partial charge in [-0.3, -0.25) is 4.79 Å². The summed E-state index contributed by atoms with van der Waals surface area (Å²) in [7, 11) is 0. The Labute approximate surface area is 121 Å². The van der Waals surface area contributed by atoms with Gasteiger partial charge in [0, 0.05) is 10.7 Å². The second kappa shape index (κ2) is 5.79. The van der Waals surface area contributed by atoms with Crippen LogP contribution >= 0.6 is 15.9 Å². The number of aromatic nitrogens is 1. The number of amides is 1. The van der Waals surface area contributed by atoms with Gasteiger partial charge in [0.2, 0.25) is 0 Å². The Morgan fingerprint density at radius 3 is 2.70 bits per heavy atom. The minimum absolute atomic E-state index is 0.0706. The topological polar surface area (TPSA) is 79.3 Å². The fourth-order valence-electron chi connectivity index (χ4n) is 1.54. The minimum Gasteiger partial charge on any atom is -0.476 e. The SMILES string of the molecule is O=C(Nc1cccnc1C(=O)O)c1ccc(F)cc1Br. The molecule has 1 aromatic carbocycles. The summed E-state index contributed by atoms with van der Waals surface area (Å²) in [5.74, 6) is -2.30. The van der Waals surface area contributed by atoms with Crippen LogP contribution < -0.4 is 5.32 Å². The van der Waals surface area contributed by atoms with Gasteiger partial charge < -0.3 is 10.4 Å². The third kappa shape index (κ3) is 3.00. The molecule has 0 saturated heterocycles. The molecule has 2 rings (SSSR count). The van der Waals surface area contributed by atoms with Gasteiger partial charge in [-0.25, -0.2) is 14.2 Å². The number of carboxylic acids is 1.